The third kappa shape index (κ3) is 2.82. The minimum Gasteiger partial charge on any atom is -0.454 e. The van der Waals surface area contributed by atoms with Gasteiger partial charge in [-0.3, -0.25) is 9.59 Å². The maximum atomic E-state index is 11.9. The molecule has 20 heavy (non-hydrogen) atoms. The molecule has 106 valence electrons. The molecule has 2 amide bonds. The summed E-state index contributed by atoms with van der Waals surface area (Å²) in [6.45, 7) is 0.870. The van der Waals surface area contributed by atoms with E-state index in [0.717, 1.165) is 5.75 Å². The lowest BCUT2D eigenvalue weighted by molar-refractivity contribution is -0.123. The van der Waals surface area contributed by atoms with Gasteiger partial charge in [0, 0.05) is 30.5 Å². The molecule has 0 spiro atoms. The quantitative estimate of drug-likeness (QED) is 0.869. The predicted octanol–water partition coefficient (Wildman–Crippen LogP) is 0.975. The van der Waals surface area contributed by atoms with Crippen LogP contribution >= 0.6 is 11.8 Å². The van der Waals surface area contributed by atoms with Crippen molar-refractivity contribution >= 4 is 29.3 Å². The number of amides is 2. The molecule has 1 aromatic carbocycles. The lowest BCUT2D eigenvalue weighted by atomic mass is 10.2. The zero-order valence-corrected chi connectivity index (χ0v) is 11.5. The SMILES string of the molecule is O=C(C[C@@H]1SCCNC1=O)Nc1ccc2c(c1)OCO2. The highest BCUT2D eigenvalue weighted by Crippen LogP contribution is 2.34. The Balaban J connectivity index is 1.60. The van der Waals surface area contributed by atoms with Gasteiger partial charge in [0.25, 0.3) is 0 Å². The van der Waals surface area contributed by atoms with Crippen LogP contribution in [-0.4, -0.2) is 36.2 Å². The van der Waals surface area contributed by atoms with E-state index in [-0.39, 0.29) is 30.3 Å². The maximum absolute atomic E-state index is 11.9. The van der Waals surface area contributed by atoms with Crippen LogP contribution in [0.5, 0.6) is 11.5 Å². The second kappa shape index (κ2) is 5.62. The summed E-state index contributed by atoms with van der Waals surface area (Å²) in [5, 5.41) is 5.22. The second-order valence-corrected chi connectivity index (χ2v) is 5.78. The molecule has 0 aromatic heterocycles. The van der Waals surface area contributed by atoms with E-state index in [2.05, 4.69) is 10.6 Å². The fourth-order valence-corrected chi connectivity index (χ4v) is 3.08. The van der Waals surface area contributed by atoms with Crippen LogP contribution in [0.4, 0.5) is 5.69 Å². The van der Waals surface area contributed by atoms with Gasteiger partial charge in [-0.1, -0.05) is 0 Å². The Morgan fingerprint density at radius 3 is 3.10 bits per heavy atom. The molecule has 2 N–H and O–H groups in total. The smallest absolute Gasteiger partial charge is 0.233 e. The minimum absolute atomic E-state index is 0.0675. The predicted molar refractivity (Wildman–Crippen MR) is 75.1 cm³/mol. The third-order valence-corrected chi connectivity index (χ3v) is 4.26. The van der Waals surface area contributed by atoms with Gasteiger partial charge in [0.2, 0.25) is 18.6 Å². The number of thioether (sulfide) groups is 1. The molecule has 0 bridgehead atoms. The average molecular weight is 294 g/mol. The normalized spacial score (nSPS) is 20.4. The van der Waals surface area contributed by atoms with Gasteiger partial charge < -0.3 is 20.1 Å². The summed E-state index contributed by atoms with van der Waals surface area (Å²) in [5.74, 6) is 1.88. The van der Waals surface area contributed by atoms with Crippen molar-refractivity contribution in [2.24, 2.45) is 0 Å². The summed E-state index contributed by atoms with van der Waals surface area (Å²) < 4.78 is 10.4. The first-order chi connectivity index (χ1) is 9.72. The number of rotatable bonds is 3. The summed E-state index contributed by atoms with van der Waals surface area (Å²) in [4.78, 5) is 23.5. The van der Waals surface area contributed by atoms with Crippen LogP contribution in [0.25, 0.3) is 0 Å². The van der Waals surface area contributed by atoms with Crippen LogP contribution in [0.3, 0.4) is 0 Å². The van der Waals surface area contributed by atoms with Crippen molar-refractivity contribution in [1.29, 1.82) is 0 Å². The first-order valence-electron chi connectivity index (χ1n) is 6.31. The minimum atomic E-state index is -0.308. The van der Waals surface area contributed by atoms with Gasteiger partial charge in [-0.05, 0) is 12.1 Å². The molecule has 0 radical (unpaired) electrons. The highest BCUT2D eigenvalue weighted by atomic mass is 32.2. The van der Waals surface area contributed by atoms with Crippen molar-refractivity contribution in [1.82, 2.24) is 5.32 Å². The number of carbonyl (C=O) groups is 2. The molecule has 6 nitrogen and oxygen atoms in total. The Labute approximate surface area is 120 Å². The van der Waals surface area contributed by atoms with E-state index in [9.17, 15) is 9.59 Å². The molecule has 1 fully saturated rings. The Morgan fingerprint density at radius 2 is 2.25 bits per heavy atom. The van der Waals surface area contributed by atoms with Gasteiger partial charge in [-0.2, -0.15) is 0 Å². The molecule has 2 aliphatic heterocycles. The Morgan fingerprint density at radius 1 is 1.40 bits per heavy atom. The van der Waals surface area contributed by atoms with Crippen LogP contribution in [-0.2, 0) is 9.59 Å². The largest absolute Gasteiger partial charge is 0.454 e. The molecule has 0 unspecified atom stereocenters. The van der Waals surface area contributed by atoms with Gasteiger partial charge in [-0.25, -0.2) is 0 Å². The molecule has 7 heteroatoms. The number of benzene rings is 1. The van der Waals surface area contributed by atoms with E-state index in [1.807, 2.05) is 0 Å². The van der Waals surface area contributed by atoms with Crippen molar-refractivity contribution in [3.8, 4) is 11.5 Å². The molecule has 1 aromatic rings. The van der Waals surface area contributed by atoms with Crippen molar-refractivity contribution < 1.29 is 19.1 Å². The third-order valence-electron chi connectivity index (χ3n) is 3.04. The van der Waals surface area contributed by atoms with Crippen LogP contribution in [0.1, 0.15) is 6.42 Å². The lowest BCUT2D eigenvalue weighted by Gasteiger charge is -2.20. The van der Waals surface area contributed by atoms with E-state index in [1.165, 1.54) is 11.8 Å². The zero-order valence-electron chi connectivity index (χ0n) is 10.7. The number of hydrogen-bond acceptors (Lipinski definition) is 5. The number of carbonyl (C=O) groups excluding carboxylic acids is 2. The van der Waals surface area contributed by atoms with E-state index in [0.29, 0.717) is 23.7 Å². The summed E-state index contributed by atoms with van der Waals surface area (Å²) in [6, 6.07) is 5.22. The van der Waals surface area contributed by atoms with E-state index in [4.69, 9.17) is 9.47 Å². The second-order valence-electron chi connectivity index (χ2n) is 4.47. The molecular weight excluding hydrogens is 280 g/mol. The van der Waals surface area contributed by atoms with E-state index < -0.39 is 0 Å². The first kappa shape index (κ1) is 13.1. The fourth-order valence-electron chi connectivity index (χ4n) is 2.07. The summed E-state index contributed by atoms with van der Waals surface area (Å²) in [7, 11) is 0. The van der Waals surface area contributed by atoms with Crippen molar-refractivity contribution in [3.05, 3.63) is 18.2 Å². The maximum Gasteiger partial charge on any atom is 0.233 e. The Hall–Kier alpha value is -1.89. The fraction of sp³-hybridized carbons (Fsp3) is 0.385. The number of fused-ring (bicyclic) bond motifs is 1. The number of nitrogens with one attached hydrogen (secondary N) is 2. The number of ether oxygens (including phenoxy) is 2. The lowest BCUT2D eigenvalue weighted by Crippen LogP contribution is -2.40. The topological polar surface area (TPSA) is 76.7 Å². The zero-order chi connectivity index (χ0) is 13.9. The molecule has 1 atom stereocenters. The summed E-state index contributed by atoms with van der Waals surface area (Å²) >= 11 is 1.51. The van der Waals surface area contributed by atoms with Crippen LogP contribution < -0.4 is 20.1 Å². The summed E-state index contributed by atoms with van der Waals surface area (Å²) in [5.41, 5.74) is 0.639. The Bertz CT molecular complexity index is 549. The Kier molecular flexibility index (Phi) is 3.68. The number of anilines is 1. The highest BCUT2D eigenvalue weighted by Gasteiger charge is 2.25. The highest BCUT2D eigenvalue weighted by molar-refractivity contribution is 8.00. The summed E-state index contributed by atoms with van der Waals surface area (Å²) in [6.07, 6.45) is 0.172. The standard InChI is InChI=1S/C13H14N2O4S/c16-12(6-11-13(17)14-3-4-20-11)15-8-1-2-9-10(5-8)19-7-18-9/h1-2,5,11H,3-4,6-7H2,(H,14,17)(H,15,16)/t11-/m0/s1. The van der Waals surface area contributed by atoms with Crippen molar-refractivity contribution in [2.45, 2.75) is 11.7 Å². The molecule has 2 heterocycles. The van der Waals surface area contributed by atoms with Gasteiger partial charge in [0.1, 0.15) is 0 Å². The van der Waals surface area contributed by atoms with Crippen LogP contribution in [0, 0.1) is 0 Å². The van der Waals surface area contributed by atoms with E-state index >= 15 is 0 Å². The molecule has 0 aliphatic carbocycles. The molecular formula is C13H14N2O4S. The molecule has 0 saturated carbocycles. The van der Waals surface area contributed by atoms with Gasteiger partial charge in [-0.15, -0.1) is 11.8 Å². The first-order valence-corrected chi connectivity index (χ1v) is 7.36. The van der Waals surface area contributed by atoms with Crippen LogP contribution in [0.2, 0.25) is 0 Å². The van der Waals surface area contributed by atoms with Gasteiger partial charge in [0.15, 0.2) is 11.5 Å². The number of hydrogen-bond donors (Lipinski definition) is 2. The van der Waals surface area contributed by atoms with E-state index in [1.54, 1.807) is 18.2 Å². The van der Waals surface area contributed by atoms with Crippen LogP contribution in [0.15, 0.2) is 18.2 Å². The molecule has 1 saturated heterocycles. The average Bonchev–Trinajstić information content (AvgIpc) is 2.89. The van der Waals surface area contributed by atoms with Crippen molar-refractivity contribution in [2.75, 3.05) is 24.4 Å². The molecule has 3 rings (SSSR count). The van der Waals surface area contributed by atoms with Gasteiger partial charge in [0.05, 0.1) is 5.25 Å². The molecule has 2 aliphatic rings. The monoisotopic (exact) mass is 294 g/mol. The van der Waals surface area contributed by atoms with Crippen molar-refractivity contribution in [3.63, 3.8) is 0 Å². The van der Waals surface area contributed by atoms with Gasteiger partial charge >= 0.3 is 0 Å².